The average Bonchev–Trinajstić information content (AvgIpc) is 2.59. The molecule has 0 atom stereocenters. The van der Waals surface area contributed by atoms with Gasteiger partial charge in [-0.05, 0) is 49.0 Å². The monoisotopic (exact) mass is 377 g/mol. The van der Waals surface area contributed by atoms with E-state index in [9.17, 15) is 9.90 Å². The molecule has 142 valence electrons. The molecular weight excluding hydrogens is 350 g/mol. The zero-order chi connectivity index (χ0) is 19.5. The highest BCUT2D eigenvalue weighted by molar-refractivity contribution is 6.31. The Hall–Kier alpha value is -2.14. The summed E-state index contributed by atoms with van der Waals surface area (Å²) in [4.78, 5) is 12.4. The second-order valence-corrected chi connectivity index (χ2v) is 7.96. The lowest BCUT2D eigenvalue weighted by Gasteiger charge is -2.28. The SMILES string of the molecule is C/C(=C(O)\C(=C/CCCC=O)Nn1c2ccc(Cl)cc2n1C)C(C)(C)C. The van der Waals surface area contributed by atoms with Gasteiger partial charge in [0.15, 0.2) is 0 Å². The molecule has 0 aliphatic rings. The molecule has 26 heavy (non-hydrogen) atoms. The van der Waals surface area contributed by atoms with Crippen molar-refractivity contribution in [1.29, 1.82) is 0 Å². The number of nitrogens with one attached hydrogen (secondary N) is 1. The fourth-order valence-corrected chi connectivity index (χ4v) is 2.78. The van der Waals surface area contributed by atoms with Crippen molar-refractivity contribution in [1.82, 2.24) is 9.47 Å². The number of aldehydes is 1. The number of aryl methyl sites for hydroxylation is 1. The summed E-state index contributed by atoms with van der Waals surface area (Å²) in [6, 6.07) is 5.68. The first-order valence-corrected chi connectivity index (χ1v) is 9.19. The fraction of sp³-hybridized carbons (Fsp3) is 0.450. The highest BCUT2D eigenvalue weighted by atomic mass is 35.5. The molecule has 0 amide bonds. The van der Waals surface area contributed by atoms with Gasteiger partial charge in [0, 0.05) is 18.5 Å². The summed E-state index contributed by atoms with van der Waals surface area (Å²) in [5.41, 5.74) is 6.66. The van der Waals surface area contributed by atoms with Gasteiger partial charge in [-0.2, -0.15) is 4.79 Å². The van der Waals surface area contributed by atoms with E-state index in [2.05, 4.69) is 26.2 Å². The van der Waals surface area contributed by atoms with Crippen molar-refractivity contribution >= 4 is 28.9 Å². The Kier molecular flexibility index (Phi) is 6.24. The number of allylic oxidation sites excluding steroid dienone is 2. The second kappa shape index (κ2) is 8.04. The molecule has 0 radical (unpaired) electrons. The van der Waals surface area contributed by atoms with Crippen LogP contribution in [0.5, 0.6) is 0 Å². The molecule has 0 fully saturated rings. The average molecular weight is 378 g/mol. The van der Waals surface area contributed by atoms with Gasteiger partial charge >= 0.3 is 0 Å². The maximum atomic E-state index is 10.8. The number of halogens is 1. The number of carbonyl (C=O) groups is 1. The quantitative estimate of drug-likeness (QED) is 0.297. The van der Waals surface area contributed by atoms with Crippen LogP contribution in [0.4, 0.5) is 0 Å². The summed E-state index contributed by atoms with van der Waals surface area (Å²) in [6.45, 7) is 8.13. The highest BCUT2D eigenvalue weighted by Crippen LogP contribution is 2.30. The lowest BCUT2D eigenvalue weighted by atomic mass is 9.86. The van der Waals surface area contributed by atoms with Crippen molar-refractivity contribution in [2.75, 3.05) is 5.43 Å². The molecule has 0 spiro atoms. The summed E-state index contributed by atoms with van der Waals surface area (Å²) < 4.78 is 1.93. The Morgan fingerprint density at radius 1 is 1.27 bits per heavy atom. The zero-order valence-corrected chi connectivity index (χ0v) is 16.9. The van der Waals surface area contributed by atoms with Gasteiger partial charge in [0.05, 0.1) is 11.2 Å². The van der Waals surface area contributed by atoms with Gasteiger partial charge in [-0.15, -0.1) is 0 Å². The van der Waals surface area contributed by atoms with Crippen molar-refractivity contribution in [3.8, 4) is 0 Å². The Bertz CT molecular complexity index is 850. The molecule has 5 nitrogen and oxygen atoms in total. The van der Waals surface area contributed by atoms with Crippen LogP contribution in [0, 0.1) is 5.41 Å². The van der Waals surface area contributed by atoms with E-state index in [0.717, 1.165) is 29.3 Å². The minimum Gasteiger partial charge on any atom is -0.506 e. The van der Waals surface area contributed by atoms with Crippen molar-refractivity contribution in [3.05, 3.63) is 46.3 Å². The number of hydrogen-bond donors (Lipinski definition) is 2. The smallest absolute Gasteiger partial charge is 0.139 e. The molecule has 0 aliphatic carbocycles. The molecule has 1 aromatic carbocycles. The summed E-state index contributed by atoms with van der Waals surface area (Å²) >= 11 is 6.06. The Morgan fingerprint density at radius 3 is 2.58 bits per heavy atom. The number of carbonyl (C=O) groups excluding carboxylic acids is 1. The van der Waals surface area contributed by atoms with Crippen LogP contribution in [-0.4, -0.2) is 20.9 Å². The number of fused-ring (bicyclic) bond motifs is 1. The number of aromatic nitrogens is 2. The Labute approximate surface area is 159 Å². The van der Waals surface area contributed by atoms with Crippen molar-refractivity contribution in [2.24, 2.45) is 12.5 Å². The van der Waals surface area contributed by atoms with Crippen LogP contribution in [0.25, 0.3) is 11.0 Å². The van der Waals surface area contributed by atoms with Crippen molar-refractivity contribution < 1.29 is 9.90 Å². The third-order valence-electron chi connectivity index (χ3n) is 4.65. The molecule has 2 aromatic rings. The number of unbranched alkanes of at least 4 members (excludes halogenated alkanes) is 2. The van der Waals surface area contributed by atoms with Crippen LogP contribution in [0.15, 0.2) is 41.3 Å². The Morgan fingerprint density at radius 2 is 1.96 bits per heavy atom. The first-order chi connectivity index (χ1) is 12.2. The fourth-order valence-electron chi connectivity index (χ4n) is 2.61. The minimum absolute atomic E-state index is 0.153. The first kappa shape index (κ1) is 20.2. The molecule has 0 saturated heterocycles. The van der Waals surface area contributed by atoms with Crippen LogP contribution < -0.4 is 5.43 Å². The minimum atomic E-state index is -0.153. The number of nitrogens with zero attached hydrogens (tertiary/aromatic N) is 2. The lowest BCUT2D eigenvalue weighted by Crippen LogP contribution is -2.30. The third-order valence-corrected chi connectivity index (χ3v) is 4.89. The van der Waals surface area contributed by atoms with Gasteiger partial charge < -0.3 is 9.90 Å². The van der Waals surface area contributed by atoms with Crippen LogP contribution in [0.3, 0.4) is 0 Å². The summed E-state index contributed by atoms with van der Waals surface area (Å²) in [7, 11) is 1.92. The second-order valence-electron chi connectivity index (χ2n) is 7.52. The molecule has 1 heterocycles. The van der Waals surface area contributed by atoms with E-state index in [0.29, 0.717) is 23.6 Å². The van der Waals surface area contributed by atoms with Gasteiger partial charge in [0.2, 0.25) is 0 Å². The number of aliphatic hydroxyl groups is 1. The largest absolute Gasteiger partial charge is 0.506 e. The molecule has 0 aliphatic heterocycles. The lowest BCUT2D eigenvalue weighted by molar-refractivity contribution is -0.107. The number of benzene rings is 1. The van der Waals surface area contributed by atoms with Crippen LogP contribution in [0.1, 0.15) is 47.0 Å². The van der Waals surface area contributed by atoms with Gasteiger partial charge in [-0.25, -0.2) is 0 Å². The summed E-state index contributed by atoms with van der Waals surface area (Å²) in [5, 5.41) is 11.5. The zero-order valence-electron chi connectivity index (χ0n) is 16.1. The van der Waals surface area contributed by atoms with Crippen LogP contribution >= 0.6 is 11.6 Å². The van der Waals surface area contributed by atoms with Crippen LogP contribution in [0.2, 0.25) is 5.02 Å². The number of hydrogen-bond acceptors (Lipinski definition) is 3. The summed E-state index contributed by atoms with van der Waals surface area (Å²) in [6.07, 6.45) is 4.82. The Balaban J connectivity index is 2.37. The third kappa shape index (κ3) is 4.33. The number of aliphatic hydroxyl groups excluding tert-OH is 1. The molecule has 2 rings (SSSR count). The van der Waals surface area contributed by atoms with E-state index >= 15 is 0 Å². The number of rotatable bonds is 7. The summed E-state index contributed by atoms with van der Waals surface area (Å²) in [5.74, 6) is 0.236. The standard InChI is InChI=1S/C20H28ClN3O2/c1-14(20(2,3)4)19(26)16(9-7-6-8-12-25)22-24-17-11-10-15(21)13-18(17)23(24)5/h9-13,22,26H,6-8H2,1-5H3/b16-9+,19-14-. The van der Waals surface area contributed by atoms with E-state index < -0.39 is 0 Å². The first-order valence-electron chi connectivity index (χ1n) is 8.81. The van der Waals surface area contributed by atoms with Gasteiger partial charge in [-0.3, -0.25) is 10.1 Å². The maximum absolute atomic E-state index is 10.8. The maximum Gasteiger partial charge on any atom is 0.139 e. The van der Waals surface area contributed by atoms with E-state index in [1.54, 1.807) is 0 Å². The van der Waals surface area contributed by atoms with Crippen LogP contribution in [-0.2, 0) is 11.8 Å². The molecule has 1 aromatic heterocycles. The van der Waals surface area contributed by atoms with Crippen molar-refractivity contribution in [2.45, 2.75) is 47.0 Å². The predicted octanol–water partition coefficient (Wildman–Crippen LogP) is 5.31. The molecule has 0 bridgehead atoms. The topological polar surface area (TPSA) is 59.2 Å². The predicted molar refractivity (Wildman–Crippen MR) is 108 cm³/mol. The van der Waals surface area contributed by atoms with E-state index in [4.69, 9.17) is 11.6 Å². The van der Waals surface area contributed by atoms with E-state index in [-0.39, 0.29) is 11.2 Å². The van der Waals surface area contributed by atoms with Crippen molar-refractivity contribution in [3.63, 3.8) is 0 Å². The molecular formula is C20H28ClN3O2. The van der Waals surface area contributed by atoms with Gasteiger partial charge in [-0.1, -0.05) is 38.4 Å². The van der Waals surface area contributed by atoms with Gasteiger partial charge in [0.1, 0.15) is 17.6 Å². The molecule has 0 saturated carbocycles. The molecule has 2 N–H and O–H groups in total. The van der Waals surface area contributed by atoms with E-state index in [1.165, 1.54) is 0 Å². The highest BCUT2D eigenvalue weighted by Gasteiger charge is 2.20. The molecule has 6 heteroatoms. The van der Waals surface area contributed by atoms with E-state index in [1.807, 2.05) is 47.7 Å². The molecule has 0 unspecified atom stereocenters. The normalized spacial score (nSPS) is 13.8. The van der Waals surface area contributed by atoms with Gasteiger partial charge in [0.25, 0.3) is 0 Å².